The van der Waals surface area contributed by atoms with Crippen molar-refractivity contribution in [2.75, 3.05) is 19.8 Å². The van der Waals surface area contributed by atoms with E-state index in [0.717, 1.165) is 22.3 Å². The second-order valence-corrected chi connectivity index (χ2v) is 8.02. The van der Waals surface area contributed by atoms with Crippen molar-refractivity contribution in [1.82, 2.24) is 10.6 Å². The Balaban J connectivity index is 1.39. The third-order valence-electron chi connectivity index (χ3n) is 5.90. The molecule has 32 heavy (non-hydrogen) atoms. The van der Waals surface area contributed by atoms with Gasteiger partial charge in [-0.25, -0.2) is 4.79 Å². The van der Waals surface area contributed by atoms with Gasteiger partial charge in [-0.1, -0.05) is 48.5 Å². The minimum Gasteiger partial charge on any atom is -0.481 e. The Morgan fingerprint density at radius 2 is 1.59 bits per heavy atom. The second kappa shape index (κ2) is 9.82. The van der Waals surface area contributed by atoms with Crippen LogP contribution in [0.1, 0.15) is 36.3 Å². The van der Waals surface area contributed by atoms with Crippen LogP contribution in [0.15, 0.2) is 48.5 Å². The van der Waals surface area contributed by atoms with Crippen LogP contribution in [-0.4, -0.2) is 55.0 Å². The summed E-state index contributed by atoms with van der Waals surface area (Å²) in [6.07, 6.45) is -0.0492. The van der Waals surface area contributed by atoms with Crippen LogP contribution in [-0.2, 0) is 19.1 Å². The molecule has 1 fully saturated rings. The van der Waals surface area contributed by atoms with Crippen molar-refractivity contribution < 1.29 is 29.0 Å². The van der Waals surface area contributed by atoms with E-state index < -0.39 is 30.4 Å². The summed E-state index contributed by atoms with van der Waals surface area (Å²) >= 11 is 0. The molecule has 8 nitrogen and oxygen atoms in total. The van der Waals surface area contributed by atoms with Crippen molar-refractivity contribution in [1.29, 1.82) is 0 Å². The van der Waals surface area contributed by atoms with E-state index in [2.05, 4.69) is 10.6 Å². The van der Waals surface area contributed by atoms with Crippen molar-refractivity contribution in [3.05, 3.63) is 59.7 Å². The lowest BCUT2D eigenvalue weighted by Gasteiger charge is -2.25. The molecule has 0 saturated carbocycles. The van der Waals surface area contributed by atoms with Crippen LogP contribution in [0, 0.1) is 0 Å². The molecule has 0 bridgehead atoms. The minimum absolute atomic E-state index is 0.0846. The molecule has 3 N–H and O–H groups in total. The number of benzene rings is 2. The fraction of sp³-hybridized carbons (Fsp3) is 0.375. The Morgan fingerprint density at radius 3 is 2.19 bits per heavy atom. The number of rotatable bonds is 7. The van der Waals surface area contributed by atoms with Gasteiger partial charge in [0, 0.05) is 25.2 Å². The summed E-state index contributed by atoms with van der Waals surface area (Å²) in [4.78, 5) is 36.3. The summed E-state index contributed by atoms with van der Waals surface area (Å²) < 4.78 is 10.7. The summed E-state index contributed by atoms with van der Waals surface area (Å²) in [5.41, 5.74) is 4.36. The Bertz CT molecular complexity index is 956. The van der Waals surface area contributed by atoms with Gasteiger partial charge in [0.2, 0.25) is 5.91 Å². The van der Waals surface area contributed by atoms with Gasteiger partial charge in [0.1, 0.15) is 12.6 Å². The van der Waals surface area contributed by atoms with Crippen LogP contribution in [0.5, 0.6) is 0 Å². The predicted molar refractivity (Wildman–Crippen MR) is 116 cm³/mol. The molecule has 1 aliphatic carbocycles. The molecular weight excluding hydrogens is 412 g/mol. The number of aliphatic carboxylic acids is 1. The molecule has 0 radical (unpaired) electrons. The Morgan fingerprint density at radius 1 is 1.00 bits per heavy atom. The number of amides is 2. The van der Waals surface area contributed by atoms with E-state index in [1.165, 1.54) is 0 Å². The molecule has 1 unspecified atom stereocenters. The fourth-order valence-electron chi connectivity index (χ4n) is 4.31. The number of carbonyl (C=O) groups is 3. The molecule has 0 spiro atoms. The van der Waals surface area contributed by atoms with Gasteiger partial charge in [0.15, 0.2) is 0 Å². The zero-order chi connectivity index (χ0) is 22.5. The molecule has 1 aliphatic heterocycles. The Kier molecular flexibility index (Phi) is 6.70. The van der Waals surface area contributed by atoms with Crippen LogP contribution in [0.3, 0.4) is 0 Å². The third kappa shape index (κ3) is 4.91. The number of ether oxygens (including phenoxy) is 2. The van der Waals surface area contributed by atoms with Crippen LogP contribution < -0.4 is 10.6 Å². The van der Waals surface area contributed by atoms with Crippen molar-refractivity contribution in [3.63, 3.8) is 0 Å². The number of fused-ring (bicyclic) bond motifs is 3. The average molecular weight is 438 g/mol. The highest BCUT2D eigenvalue weighted by Gasteiger charge is 2.31. The van der Waals surface area contributed by atoms with E-state index in [0.29, 0.717) is 26.1 Å². The lowest BCUT2D eigenvalue weighted by atomic mass is 9.98. The van der Waals surface area contributed by atoms with Crippen LogP contribution in [0.4, 0.5) is 4.79 Å². The number of nitrogens with one attached hydrogen (secondary N) is 2. The van der Waals surface area contributed by atoms with Crippen LogP contribution in [0.2, 0.25) is 0 Å². The first-order valence-corrected chi connectivity index (χ1v) is 10.7. The van der Waals surface area contributed by atoms with E-state index in [4.69, 9.17) is 9.47 Å². The topological polar surface area (TPSA) is 114 Å². The predicted octanol–water partition coefficient (Wildman–Crippen LogP) is 2.66. The second-order valence-electron chi connectivity index (χ2n) is 8.02. The molecule has 1 heterocycles. The van der Waals surface area contributed by atoms with Gasteiger partial charge in [-0.05, 0) is 35.1 Å². The highest BCUT2D eigenvalue weighted by Crippen LogP contribution is 2.44. The van der Waals surface area contributed by atoms with E-state index in [-0.39, 0.29) is 18.6 Å². The molecule has 2 amide bonds. The number of carboxylic acid groups (broad SMARTS) is 1. The van der Waals surface area contributed by atoms with Gasteiger partial charge in [-0.3, -0.25) is 9.59 Å². The first kappa shape index (κ1) is 21.8. The largest absolute Gasteiger partial charge is 0.481 e. The summed E-state index contributed by atoms with van der Waals surface area (Å²) in [6, 6.07) is 14.6. The zero-order valence-electron chi connectivity index (χ0n) is 17.6. The normalized spacial score (nSPS) is 16.5. The number of carbonyl (C=O) groups excluding carboxylic acids is 2. The maximum atomic E-state index is 12.6. The van der Waals surface area contributed by atoms with Crippen molar-refractivity contribution in [2.45, 2.75) is 37.3 Å². The van der Waals surface area contributed by atoms with Gasteiger partial charge in [0.25, 0.3) is 0 Å². The first-order chi connectivity index (χ1) is 15.5. The van der Waals surface area contributed by atoms with Gasteiger partial charge in [0.05, 0.1) is 6.42 Å². The molecule has 1 atom stereocenters. The number of hydrogen-bond acceptors (Lipinski definition) is 5. The van der Waals surface area contributed by atoms with Gasteiger partial charge < -0.3 is 25.2 Å². The van der Waals surface area contributed by atoms with E-state index >= 15 is 0 Å². The van der Waals surface area contributed by atoms with E-state index in [9.17, 15) is 19.5 Å². The SMILES string of the molecule is O=C(O)CC(NC(=O)OCC1c2ccccc2-c2ccccc21)C(=O)NC1CCOCC1. The Labute approximate surface area is 185 Å². The van der Waals surface area contributed by atoms with Crippen molar-refractivity contribution in [3.8, 4) is 11.1 Å². The molecule has 4 rings (SSSR count). The van der Waals surface area contributed by atoms with Crippen LogP contribution >= 0.6 is 0 Å². The zero-order valence-corrected chi connectivity index (χ0v) is 17.6. The third-order valence-corrected chi connectivity index (χ3v) is 5.90. The number of carboxylic acids is 1. The molecular formula is C24H26N2O6. The smallest absolute Gasteiger partial charge is 0.407 e. The lowest BCUT2D eigenvalue weighted by Crippen LogP contribution is -2.51. The molecule has 1 saturated heterocycles. The minimum atomic E-state index is -1.22. The van der Waals surface area contributed by atoms with E-state index in [1.807, 2.05) is 48.5 Å². The molecule has 2 aromatic rings. The fourth-order valence-corrected chi connectivity index (χ4v) is 4.31. The quantitative estimate of drug-likeness (QED) is 0.612. The summed E-state index contributed by atoms with van der Waals surface area (Å²) in [5, 5.41) is 14.4. The Hall–Kier alpha value is -3.39. The monoisotopic (exact) mass is 438 g/mol. The highest BCUT2D eigenvalue weighted by atomic mass is 16.5. The molecule has 2 aromatic carbocycles. The number of hydrogen-bond donors (Lipinski definition) is 3. The summed E-state index contributed by atoms with van der Waals surface area (Å²) in [7, 11) is 0. The van der Waals surface area contributed by atoms with Gasteiger partial charge in [-0.2, -0.15) is 0 Å². The molecule has 0 aromatic heterocycles. The maximum absolute atomic E-state index is 12.6. The van der Waals surface area contributed by atoms with Crippen molar-refractivity contribution >= 4 is 18.0 Å². The van der Waals surface area contributed by atoms with E-state index in [1.54, 1.807) is 0 Å². The molecule has 168 valence electrons. The summed E-state index contributed by atoms with van der Waals surface area (Å²) in [6.45, 7) is 1.16. The van der Waals surface area contributed by atoms with Gasteiger partial charge in [-0.15, -0.1) is 0 Å². The lowest BCUT2D eigenvalue weighted by molar-refractivity contribution is -0.140. The van der Waals surface area contributed by atoms with Gasteiger partial charge >= 0.3 is 12.1 Å². The summed E-state index contributed by atoms with van der Waals surface area (Å²) in [5.74, 6) is -1.84. The molecule has 8 heteroatoms. The average Bonchev–Trinajstić information content (AvgIpc) is 3.11. The molecule has 2 aliphatic rings. The maximum Gasteiger partial charge on any atom is 0.407 e. The van der Waals surface area contributed by atoms with Crippen molar-refractivity contribution in [2.24, 2.45) is 0 Å². The first-order valence-electron chi connectivity index (χ1n) is 10.7. The van der Waals surface area contributed by atoms with Crippen LogP contribution in [0.25, 0.3) is 11.1 Å². The number of alkyl carbamates (subject to hydrolysis) is 1. The highest BCUT2D eigenvalue weighted by molar-refractivity contribution is 5.89. The standard InChI is InChI=1S/C24H26N2O6/c27-22(28)13-21(23(29)25-15-9-11-31-12-10-15)26-24(30)32-14-20-18-7-3-1-5-16(18)17-6-2-4-8-19(17)20/h1-8,15,20-21H,9-14H2,(H,25,29)(H,26,30)(H,27,28).